The number of imidazole rings is 1. The molecule has 0 saturated carbocycles. The molecule has 0 aliphatic carbocycles. The maximum absolute atomic E-state index is 6.43. The van der Waals surface area contributed by atoms with E-state index in [0.29, 0.717) is 12.0 Å². The lowest BCUT2D eigenvalue weighted by Gasteiger charge is -2.33. The summed E-state index contributed by atoms with van der Waals surface area (Å²) in [5.74, 6) is 0.439. The van der Waals surface area contributed by atoms with E-state index in [4.69, 9.17) is 10.5 Å². The molecule has 2 aliphatic heterocycles. The van der Waals surface area contributed by atoms with E-state index in [1.54, 1.807) is 0 Å². The van der Waals surface area contributed by atoms with Gasteiger partial charge in [-0.25, -0.2) is 4.98 Å². The van der Waals surface area contributed by atoms with Gasteiger partial charge in [-0.1, -0.05) is 6.42 Å². The molecule has 112 valence electrons. The van der Waals surface area contributed by atoms with Gasteiger partial charge in [-0.05, 0) is 32.9 Å². The first kappa shape index (κ1) is 14.0. The van der Waals surface area contributed by atoms with Crippen LogP contribution in [0.4, 0.5) is 0 Å². The van der Waals surface area contributed by atoms with Crippen molar-refractivity contribution in [3.8, 4) is 0 Å². The molecule has 0 aromatic carbocycles. The van der Waals surface area contributed by atoms with Crippen LogP contribution in [0.1, 0.15) is 37.4 Å². The lowest BCUT2D eigenvalue weighted by atomic mass is 9.97. The van der Waals surface area contributed by atoms with Gasteiger partial charge in [0.2, 0.25) is 0 Å². The highest BCUT2D eigenvalue weighted by Crippen LogP contribution is 2.27. The average molecular weight is 278 g/mol. The third-order valence-corrected chi connectivity index (χ3v) is 4.89. The number of likely N-dealkylation sites (tertiary alicyclic amines) is 1. The van der Waals surface area contributed by atoms with E-state index in [1.165, 1.54) is 31.5 Å². The van der Waals surface area contributed by atoms with E-state index < -0.39 is 0 Å². The van der Waals surface area contributed by atoms with Crippen molar-refractivity contribution in [2.45, 2.75) is 44.3 Å². The predicted molar refractivity (Wildman–Crippen MR) is 78.4 cm³/mol. The molecule has 3 rings (SSSR count). The molecule has 2 N–H and O–H groups in total. The second-order valence-electron chi connectivity index (χ2n) is 6.25. The molecular formula is C15H26N4O. The van der Waals surface area contributed by atoms with Gasteiger partial charge in [0.1, 0.15) is 0 Å². The topological polar surface area (TPSA) is 56.3 Å². The fourth-order valence-electron chi connectivity index (χ4n) is 3.44. The van der Waals surface area contributed by atoms with E-state index >= 15 is 0 Å². The zero-order valence-electron chi connectivity index (χ0n) is 12.4. The van der Waals surface area contributed by atoms with E-state index in [0.717, 1.165) is 26.2 Å². The summed E-state index contributed by atoms with van der Waals surface area (Å²) in [7, 11) is 2.23. The Morgan fingerprint density at radius 1 is 1.45 bits per heavy atom. The molecule has 5 nitrogen and oxygen atoms in total. The molecule has 20 heavy (non-hydrogen) atoms. The number of nitrogens with zero attached hydrogens (tertiary/aromatic N) is 3. The summed E-state index contributed by atoms with van der Waals surface area (Å²) in [5, 5.41) is 0. The van der Waals surface area contributed by atoms with Gasteiger partial charge in [0.15, 0.2) is 0 Å². The van der Waals surface area contributed by atoms with Gasteiger partial charge in [-0.2, -0.15) is 0 Å². The summed E-state index contributed by atoms with van der Waals surface area (Å²) in [4.78, 5) is 6.80. The number of likely N-dealkylation sites (N-methyl/N-ethyl adjacent to an activating group) is 1. The second kappa shape index (κ2) is 6.24. The van der Waals surface area contributed by atoms with Crippen molar-refractivity contribution in [1.82, 2.24) is 14.5 Å². The molecule has 2 aliphatic rings. The minimum absolute atomic E-state index is 0.0499. The first-order valence-corrected chi connectivity index (χ1v) is 7.79. The van der Waals surface area contributed by atoms with Gasteiger partial charge in [0, 0.05) is 31.3 Å². The number of hydrogen-bond donors (Lipinski definition) is 1. The van der Waals surface area contributed by atoms with Gasteiger partial charge in [0.05, 0.1) is 24.7 Å². The van der Waals surface area contributed by atoms with Gasteiger partial charge in [-0.3, -0.25) is 0 Å². The molecule has 2 fully saturated rings. The van der Waals surface area contributed by atoms with E-state index in [-0.39, 0.29) is 6.04 Å². The molecule has 0 radical (unpaired) electrons. The Hall–Kier alpha value is -0.910. The van der Waals surface area contributed by atoms with Gasteiger partial charge in [0.25, 0.3) is 0 Å². The van der Waals surface area contributed by atoms with Crippen molar-refractivity contribution in [1.29, 1.82) is 0 Å². The normalized spacial score (nSPS) is 29.7. The summed E-state index contributed by atoms with van der Waals surface area (Å²) in [6.07, 6.45) is 8.87. The van der Waals surface area contributed by atoms with Crippen LogP contribution in [0.2, 0.25) is 0 Å². The minimum atomic E-state index is 0.0499. The summed E-state index contributed by atoms with van der Waals surface area (Å²) in [6.45, 7) is 3.85. The van der Waals surface area contributed by atoms with Gasteiger partial charge < -0.3 is 19.9 Å². The van der Waals surface area contributed by atoms with Crippen molar-refractivity contribution in [2.75, 3.05) is 26.8 Å². The largest absolute Gasteiger partial charge is 0.381 e. The van der Waals surface area contributed by atoms with Crippen LogP contribution in [0.3, 0.4) is 0 Å². The maximum atomic E-state index is 6.43. The van der Waals surface area contributed by atoms with Crippen molar-refractivity contribution >= 4 is 0 Å². The Morgan fingerprint density at radius 3 is 3.10 bits per heavy atom. The quantitative estimate of drug-likeness (QED) is 0.904. The monoisotopic (exact) mass is 278 g/mol. The molecule has 0 amide bonds. The highest BCUT2D eigenvalue weighted by Gasteiger charge is 2.27. The molecule has 1 aromatic heterocycles. The Kier molecular flexibility index (Phi) is 4.38. The lowest BCUT2D eigenvalue weighted by molar-refractivity contribution is 0.164. The molecule has 0 bridgehead atoms. The molecule has 0 spiro atoms. The molecule has 3 heterocycles. The van der Waals surface area contributed by atoms with Crippen LogP contribution >= 0.6 is 0 Å². The average Bonchev–Trinajstić information content (AvgIpc) is 3.11. The van der Waals surface area contributed by atoms with Crippen molar-refractivity contribution < 1.29 is 4.74 Å². The lowest BCUT2D eigenvalue weighted by Crippen LogP contribution is -2.39. The van der Waals surface area contributed by atoms with Gasteiger partial charge >= 0.3 is 0 Å². The summed E-state index contributed by atoms with van der Waals surface area (Å²) >= 11 is 0. The second-order valence-corrected chi connectivity index (χ2v) is 6.25. The number of ether oxygens (including phenoxy) is 1. The Labute approximate surface area is 121 Å². The number of rotatable bonds is 4. The Bertz CT molecular complexity index is 427. The van der Waals surface area contributed by atoms with Crippen molar-refractivity contribution in [3.63, 3.8) is 0 Å². The molecule has 1 aromatic rings. The van der Waals surface area contributed by atoms with Crippen LogP contribution in [0, 0.1) is 5.92 Å². The maximum Gasteiger partial charge on any atom is 0.0949 e. The molecular weight excluding hydrogens is 252 g/mol. The van der Waals surface area contributed by atoms with Gasteiger partial charge in [-0.15, -0.1) is 0 Å². The number of hydrogen-bond acceptors (Lipinski definition) is 4. The molecule has 3 atom stereocenters. The highest BCUT2D eigenvalue weighted by atomic mass is 16.5. The van der Waals surface area contributed by atoms with Crippen LogP contribution < -0.4 is 5.73 Å². The van der Waals surface area contributed by atoms with Crippen LogP contribution in [-0.2, 0) is 11.3 Å². The third kappa shape index (κ3) is 2.90. The first-order chi connectivity index (χ1) is 9.75. The summed E-state index contributed by atoms with van der Waals surface area (Å²) in [6, 6.07) is 0.664. The summed E-state index contributed by atoms with van der Waals surface area (Å²) in [5.41, 5.74) is 7.60. The van der Waals surface area contributed by atoms with Crippen LogP contribution in [0.15, 0.2) is 12.5 Å². The zero-order valence-corrected chi connectivity index (χ0v) is 12.4. The smallest absolute Gasteiger partial charge is 0.0949 e. The van der Waals surface area contributed by atoms with E-state index in [2.05, 4.69) is 21.5 Å². The molecule has 3 unspecified atom stereocenters. The Morgan fingerprint density at radius 2 is 2.35 bits per heavy atom. The fraction of sp³-hybridized carbons (Fsp3) is 0.800. The standard InChI is InChI=1S/C15H26N4O/c1-18-6-3-2-4-13(18)9-19-11-17-8-14(19)15(16)12-5-7-20-10-12/h8,11-13,15H,2-7,9-10,16H2,1H3. The molecule has 5 heteroatoms. The number of nitrogens with two attached hydrogens (primary N) is 1. The van der Waals surface area contributed by atoms with Crippen LogP contribution in [0.25, 0.3) is 0 Å². The predicted octanol–water partition coefficient (Wildman–Crippen LogP) is 1.40. The van der Waals surface area contributed by atoms with E-state index in [1.807, 2.05) is 12.5 Å². The zero-order chi connectivity index (χ0) is 13.9. The van der Waals surface area contributed by atoms with Crippen molar-refractivity contribution in [2.24, 2.45) is 11.7 Å². The van der Waals surface area contributed by atoms with E-state index in [9.17, 15) is 0 Å². The highest BCUT2D eigenvalue weighted by molar-refractivity contribution is 5.07. The first-order valence-electron chi connectivity index (χ1n) is 7.79. The number of aromatic nitrogens is 2. The number of piperidine rings is 1. The molecule has 2 saturated heterocycles. The minimum Gasteiger partial charge on any atom is -0.381 e. The SMILES string of the molecule is CN1CCCCC1Cn1cncc1C(N)C1CCOC1. The summed E-state index contributed by atoms with van der Waals surface area (Å²) < 4.78 is 7.72. The van der Waals surface area contributed by atoms with Crippen LogP contribution in [-0.4, -0.2) is 47.3 Å². The van der Waals surface area contributed by atoms with Crippen molar-refractivity contribution in [3.05, 3.63) is 18.2 Å². The Balaban J connectivity index is 1.69. The van der Waals surface area contributed by atoms with Crippen LogP contribution in [0.5, 0.6) is 0 Å². The fourth-order valence-corrected chi connectivity index (χ4v) is 3.44. The third-order valence-electron chi connectivity index (χ3n) is 4.89.